The van der Waals surface area contributed by atoms with Gasteiger partial charge >= 0.3 is 16.3 Å². The molecule has 33 heavy (non-hydrogen) atoms. The minimum atomic E-state index is -4.41. The summed E-state index contributed by atoms with van der Waals surface area (Å²) < 4.78 is 32.4. The molecule has 1 aliphatic heterocycles. The minimum Gasteiger partial charge on any atom is -0.477 e. The standard InChI is InChI=1S/C20H16Cl2N4O6S/c1-25(33(30,31)32)12-2-4-13(5-3-12)26-19(27)10(9-23-26)6-14-17-15(22)7-11(21)8-16(17)24-18(14)20(28)29/h2-8,23-24H,9H2,1H3,(H,28,29)(H,30,31,32). The molecule has 4 N–H and O–H groups in total. The predicted octanol–water partition coefficient (Wildman–Crippen LogP) is 3.35. The van der Waals surface area contributed by atoms with E-state index in [0.717, 1.165) is 0 Å². The van der Waals surface area contributed by atoms with Gasteiger partial charge in [0.15, 0.2) is 0 Å². The number of amides is 1. The van der Waals surface area contributed by atoms with Crippen molar-refractivity contribution in [1.82, 2.24) is 10.4 Å². The number of hydrogen-bond acceptors (Lipinski definition) is 5. The van der Waals surface area contributed by atoms with Crippen LogP contribution in [0.4, 0.5) is 11.4 Å². The highest BCUT2D eigenvalue weighted by Gasteiger charge is 2.29. The lowest BCUT2D eigenvalue weighted by atomic mass is 10.1. The van der Waals surface area contributed by atoms with Crippen LogP contribution < -0.4 is 14.7 Å². The molecule has 10 nitrogen and oxygen atoms in total. The Kier molecular flexibility index (Phi) is 5.85. The molecular weight excluding hydrogens is 495 g/mol. The Hall–Kier alpha value is -3.09. The molecule has 172 valence electrons. The molecule has 0 radical (unpaired) electrons. The Morgan fingerprint density at radius 3 is 2.48 bits per heavy atom. The first kappa shape index (κ1) is 23.1. The number of rotatable bonds is 5. The summed E-state index contributed by atoms with van der Waals surface area (Å²) in [5.41, 5.74) is 4.33. The smallest absolute Gasteiger partial charge is 0.359 e. The largest absolute Gasteiger partial charge is 0.477 e. The molecule has 0 aliphatic carbocycles. The van der Waals surface area contributed by atoms with Crippen LogP contribution in [0.5, 0.6) is 0 Å². The second-order valence-corrected chi connectivity index (χ2v) is 9.42. The fourth-order valence-electron chi connectivity index (χ4n) is 3.48. The van der Waals surface area contributed by atoms with E-state index >= 15 is 0 Å². The average Bonchev–Trinajstić information content (AvgIpc) is 3.28. The number of nitrogens with one attached hydrogen (secondary N) is 2. The van der Waals surface area contributed by atoms with Gasteiger partial charge in [0.25, 0.3) is 5.91 Å². The van der Waals surface area contributed by atoms with Gasteiger partial charge in [-0.15, -0.1) is 0 Å². The van der Waals surface area contributed by atoms with Gasteiger partial charge in [0.05, 0.1) is 16.4 Å². The van der Waals surface area contributed by atoms with Crippen LogP contribution >= 0.6 is 23.2 Å². The third-order valence-corrected chi connectivity index (χ3v) is 6.53. The summed E-state index contributed by atoms with van der Waals surface area (Å²) in [5, 5.41) is 11.9. The van der Waals surface area contributed by atoms with Gasteiger partial charge in [-0.25, -0.2) is 15.2 Å². The Bertz CT molecular complexity index is 1430. The van der Waals surface area contributed by atoms with Crippen molar-refractivity contribution in [2.75, 3.05) is 22.9 Å². The lowest BCUT2D eigenvalue weighted by molar-refractivity contribution is -0.114. The number of benzene rings is 2. The maximum atomic E-state index is 13.0. The number of fused-ring (bicyclic) bond motifs is 1. The van der Waals surface area contributed by atoms with Gasteiger partial charge in [-0.3, -0.25) is 13.7 Å². The molecule has 13 heteroatoms. The van der Waals surface area contributed by atoms with Crippen LogP contribution in [0.2, 0.25) is 10.0 Å². The number of H-pyrrole nitrogens is 1. The number of nitrogens with zero attached hydrogens (tertiary/aromatic N) is 2. The maximum Gasteiger partial charge on any atom is 0.359 e. The third-order valence-electron chi connectivity index (χ3n) is 5.11. The average molecular weight is 511 g/mol. The first-order valence-electron chi connectivity index (χ1n) is 9.31. The van der Waals surface area contributed by atoms with Gasteiger partial charge in [0.1, 0.15) is 5.69 Å². The van der Waals surface area contributed by atoms with Crippen molar-refractivity contribution >= 4 is 73.7 Å². The zero-order valence-corrected chi connectivity index (χ0v) is 19.2. The molecule has 0 spiro atoms. The number of carbonyl (C=O) groups is 2. The van der Waals surface area contributed by atoms with Crippen LogP contribution in [0.3, 0.4) is 0 Å². The zero-order valence-electron chi connectivity index (χ0n) is 16.8. The van der Waals surface area contributed by atoms with Crippen molar-refractivity contribution < 1.29 is 27.7 Å². The van der Waals surface area contributed by atoms with Gasteiger partial charge in [-0.1, -0.05) is 23.2 Å². The van der Waals surface area contributed by atoms with Crippen LogP contribution in [-0.4, -0.2) is 48.5 Å². The maximum absolute atomic E-state index is 13.0. The second-order valence-electron chi connectivity index (χ2n) is 7.14. The molecule has 1 amide bonds. The first-order valence-corrected chi connectivity index (χ1v) is 11.5. The normalized spacial score (nSPS) is 15.6. The van der Waals surface area contributed by atoms with E-state index in [-0.39, 0.29) is 34.1 Å². The lowest BCUT2D eigenvalue weighted by Crippen LogP contribution is -2.34. The summed E-state index contributed by atoms with van der Waals surface area (Å²) in [6.45, 7) is 0.114. The quantitative estimate of drug-likeness (QED) is 0.304. The Labute approximate surface area is 197 Å². The van der Waals surface area contributed by atoms with Crippen LogP contribution in [0.1, 0.15) is 16.1 Å². The van der Waals surface area contributed by atoms with Crippen LogP contribution in [0.25, 0.3) is 17.0 Å². The van der Waals surface area contributed by atoms with Gasteiger partial charge in [0.2, 0.25) is 0 Å². The molecule has 3 aromatic rings. The molecule has 1 saturated heterocycles. The first-order chi connectivity index (χ1) is 15.5. The molecular formula is C20H16Cl2N4O6S. The number of aromatic nitrogens is 1. The van der Waals surface area contributed by atoms with E-state index in [2.05, 4.69) is 10.4 Å². The van der Waals surface area contributed by atoms with Gasteiger partial charge < -0.3 is 10.1 Å². The molecule has 0 saturated carbocycles. The minimum absolute atomic E-state index is 0.114. The van der Waals surface area contributed by atoms with E-state index in [1.807, 2.05) is 0 Å². The van der Waals surface area contributed by atoms with Crippen molar-refractivity contribution in [3.05, 3.63) is 63.3 Å². The number of anilines is 2. The zero-order chi connectivity index (χ0) is 24.1. The monoisotopic (exact) mass is 510 g/mol. The van der Waals surface area contributed by atoms with Crippen LogP contribution in [0, 0.1) is 0 Å². The topological polar surface area (TPSA) is 143 Å². The van der Waals surface area contributed by atoms with E-state index in [0.29, 0.717) is 25.9 Å². The van der Waals surface area contributed by atoms with E-state index in [4.69, 9.17) is 27.8 Å². The number of hydrazine groups is 1. The molecule has 1 aromatic heterocycles. The molecule has 4 rings (SSSR count). The van der Waals surface area contributed by atoms with E-state index in [1.54, 1.807) is 6.07 Å². The fraction of sp³-hybridized carbons (Fsp3) is 0.100. The van der Waals surface area contributed by atoms with Crippen LogP contribution in [-0.2, 0) is 15.1 Å². The molecule has 0 unspecified atom stereocenters. The van der Waals surface area contributed by atoms with Crippen molar-refractivity contribution in [3.8, 4) is 0 Å². The van der Waals surface area contributed by atoms with Crippen molar-refractivity contribution in [2.24, 2.45) is 0 Å². The van der Waals surface area contributed by atoms with E-state index in [1.165, 1.54) is 48.5 Å². The summed E-state index contributed by atoms with van der Waals surface area (Å²) in [7, 11) is -3.23. The third kappa shape index (κ3) is 4.28. The van der Waals surface area contributed by atoms with E-state index in [9.17, 15) is 23.1 Å². The number of aromatic amines is 1. The number of carboxylic acids is 1. The highest BCUT2D eigenvalue weighted by Crippen LogP contribution is 2.34. The lowest BCUT2D eigenvalue weighted by Gasteiger charge is -2.18. The van der Waals surface area contributed by atoms with Gasteiger partial charge in [-0.2, -0.15) is 8.42 Å². The summed E-state index contributed by atoms with van der Waals surface area (Å²) >= 11 is 12.3. The predicted molar refractivity (Wildman–Crippen MR) is 125 cm³/mol. The van der Waals surface area contributed by atoms with Crippen molar-refractivity contribution in [2.45, 2.75) is 0 Å². The summed E-state index contributed by atoms with van der Waals surface area (Å²) in [6, 6.07) is 8.87. The fourth-order valence-corrected chi connectivity index (χ4v) is 4.46. The summed E-state index contributed by atoms with van der Waals surface area (Å²) in [4.78, 5) is 27.6. The molecule has 2 aromatic carbocycles. The molecule has 0 bridgehead atoms. The molecule has 1 fully saturated rings. The molecule has 1 aliphatic rings. The highest BCUT2D eigenvalue weighted by atomic mass is 35.5. The number of carbonyl (C=O) groups excluding carboxylic acids is 1. The number of aromatic carboxylic acids is 1. The van der Waals surface area contributed by atoms with Gasteiger partial charge in [-0.05, 0) is 42.5 Å². The van der Waals surface area contributed by atoms with Crippen molar-refractivity contribution in [1.29, 1.82) is 0 Å². The van der Waals surface area contributed by atoms with Gasteiger partial charge in [0, 0.05) is 40.7 Å². The second kappa shape index (κ2) is 8.36. The summed E-state index contributed by atoms with van der Waals surface area (Å²) in [6.07, 6.45) is 1.46. The van der Waals surface area contributed by atoms with E-state index < -0.39 is 22.2 Å². The Morgan fingerprint density at radius 1 is 1.21 bits per heavy atom. The number of halogens is 2. The number of hydrogen-bond donors (Lipinski definition) is 4. The Morgan fingerprint density at radius 2 is 1.88 bits per heavy atom. The highest BCUT2D eigenvalue weighted by molar-refractivity contribution is 7.87. The van der Waals surface area contributed by atoms with Crippen molar-refractivity contribution in [3.63, 3.8) is 0 Å². The SMILES string of the molecule is CN(c1ccc(N2NCC(=Cc3c(C(=O)O)[nH]c4cc(Cl)cc(Cl)c34)C2=O)cc1)S(=O)(=O)O. The summed E-state index contributed by atoms with van der Waals surface area (Å²) in [5.74, 6) is -1.65. The van der Waals surface area contributed by atoms with Crippen LogP contribution in [0.15, 0.2) is 42.0 Å². The molecule has 0 atom stereocenters. The number of carboxylic acid groups (broad SMARTS) is 1. The molecule has 2 heterocycles. The Balaban J connectivity index is 1.69.